The van der Waals surface area contributed by atoms with Crippen LogP contribution in [0.2, 0.25) is 0 Å². The first kappa shape index (κ1) is 13.8. The molecule has 0 bridgehead atoms. The van der Waals surface area contributed by atoms with Gasteiger partial charge in [0.15, 0.2) is 0 Å². The van der Waals surface area contributed by atoms with Crippen LogP contribution in [-0.4, -0.2) is 54.0 Å². The third-order valence-corrected chi connectivity index (χ3v) is 4.62. The van der Waals surface area contributed by atoms with E-state index in [-0.39, 0.29) is 12.1 Å². The predicted octanol–water partition coefficient (Wildman–Crippen LogP) is 1.06. The molecule has 4 heteroatoms. The van der Waals surface area contributed by atoms with Crippen molar-refractivity contribution in [2.24, 2.45) is 11.7 Å². The van der Waals surface area contributed by atoms with Crippen LogP contribution in [-0.2, 0) is 4.79 Å². The number of rotatable bonds is 2. The van der Waals surface area contributed by atoms with Crippen molar-refractivity contribution in [2.75, 3.05) is 26.2 Å². The molecule has 3 atom stereocenters. The second kappa shape index (κ2) is 6.02. The van der Waals surface area contributed by atoms with Crippen molar-refractivity contribution in [1.29, 1.82) is 0 Å². The van der Waals surface area contributed by atoms with Crippen LogP contribution in [0.5, 0.6) is 0 Å². The first-order chi connectivity index (χ1) is 8.59. The number of carbonyl (C=O) groups excluding carboxylic acids is 1. The van der Waals surface area contributed by atoms with Crippen LogP contribution in [0.1, 0.15) is 39.5 Å². The third kappa shape index (κ3) is 3.04. The van der Waals surface area contributed by atoms with Gasteiger partial charge in [-0.15, -0.1) is 0 Å². The van der Waals surface area contributed by atoms with Gasteiger partial charge in [-0.2, -0.15) is 0 Å². The summed E-state index contributed by atoms with van der Waals surface area (Å²) < 4.78 is 0. The normalized spacial score (nSPS) is 32.3. The molecule has 0 radical (unpaired) electrons. The van der Waals surface area contributed by atoms with Crippen molar-refractivity contribution < 1.29 is 4.79 Å². The van der Waals surface area contributed by atoms with Gasteiger partial charge < -0.3 is 10.6 Å². The van der Waals surface area contributed by atoms with Crippen molar-refractivity contribution in [2.45, 2.75) is 51.6 Å². The van der Waals surface area contributed by atoms with Crippen LogP contribution in [0, 0.1) is 5.92 Å². The standard InChI is InChI=1S/C14H27N3O/c1-11-6-9-17(10-13(11)15)12(2)14(18)16-7-4-3-5-8-16/h11-13H,3-10,15H2,1-2H3. The highest BCUT2D eigenvalue weighted by molar-refractivity contribution is 5.81. The molecule has 3 unspecified atom stereocenters. The summed E-state index contributed by atoms with van der Waals surface area (Å²) >= 11 is 0. The Kier molecular flexibility index (Phi) is 4.62. The van der Waals surface area contributed by atoms with E-state index in [9.17, 15) is 4.79 Å². The van der Waals surface area contributed by atoms with E-state index in [1.54, 1.807) is 0 Å². The molecule has 2 aliphatic rings. The van der Waals surface area contributed by atoms with Gasteiger partial charge in [0.2, 0.25) is 5.91 Å². The van der Waals surface area contributed by atoms with E-state index in [2.05, 4.69) is 11.8 Å². The summed E-state index contributed by atoms with van der Waals surface area (Å²) in [6.07, 6.45) is 4.70. The van der Waals surface area contributed by atoms with Gasteiger partial charge in [0, 0.05) is 25.7 Å². The minimum absolute atomic E-state index is 0.00153. The third-order valence-electron chi connectivity index (χ3n) is 4.62. The molecule has 0 aliphatic carbocycles. The molecule has 4 nitrogen and oxygen atoms in total. The van der Waals surface area contributed by atoms with Crippen LogP contribution < -0.4 is 5.73 Å². The molecule has 2 fully saturated rings. The topological polar surface area (TPSA) is 49.6 Å². The Morgan fingerprint density at radius 2 is 1.89 bits per heavy atom. The van der Waals surface area contributed by atoms with E-state index in [1.165, 1.54) is 6.42 Å². The zero-order valence-electron chi connectivity index (χ0n) is 11.8. The maximum atomic E-state index is 12.4. The van der Waals surface area contributed by atoms with Crippen LogP contribution in [0.15, 0.2) is 0 Å². The van der Waals surface area contributed by atoms with Gasteiger partial charge in [0.1, 0.15) is 0 Å². The number of nitrogens with zero attached hydrogens (tertiary/aromatic N) is 2. The summed E-state index contributed by atoms with van der Waals surface area (Å²) in [5, 5.41) is 0. The van der Waals surface area contributed by atoms with Gasteiger partial charge in [-0.1, -0.05) is 6.92 Å². The Morgan fingerprint density at radius 3 is 2.50 bits per heavy atom. The highest BCUT2D eigenvalue weighted by Gasteiger charge is 2.31. The molecule has 104 valence electrons. The number of likely N-dealkylation sites (tertiary alicyclic amines) is 2. The summed E-state index contributed by atoms with van der Waals surface area (Å²) in [7, 11) is 0. The van der Waals surface area contributed by atoms with Gasteiger partial charge in [-0.25, -0.2) is 0 Å². The molecule has 2 N–H and O–H groups in total. The Bertz CT molecular complexity index is 289. The van der Waals surface area contributed by atoms with Crippen molar-refractivity contribution >= 4 is 5.91 Å². The minimum atomic E-state index is 0.00153. The Morgan fingerprint density at radius 1 is 1.22 bits per heavy atom. The van der Waals surface area contributed by atoms with Crippen LogP contribution in [0.4, 0.5) is 0 Å². The fraction of sp³-hybridized carbons (Fsp3) is 0.929. The van der Waals surface area contributed by atoms with E-state index in [4.69, 9.17) is 5.73 Å². The maximum Gasteiger partial charge on any atom is 0.239 e. The van der Waals surface area contributed by atoms with Crippen molar-refractivity contribution in [3.05, 3.63) is 0 Å². The van der Waals surface area contributed by atoms with Crippen LogP contribution in [0.3, 0.4) is 0 Å². The summed E-state index contributed by atoms with van der Waals surface area (Å²) in [5.74, 6) is 0.884. The Hall–Kier alpha value is -0.610. The summed E-state index contributed by atoms with van der Waals surface area (Å²) in [4.78, 5) is 16.7. The van der Waals surface area contributed by atoms with Gasteiger partial charge in [-0.3, -0.25) is 9.69 Å². The molecule has 2 rings (SSSR count). The number of amides is 1. The fourth-order valence-corrected chi connectivity index (χ4v) is 3.01. The van der Waals surface area contributed by atoms with Gasteiger partial charge in [0.25, 0.3) is 0 Å². The van der Waals surface area contributed by atoms with Gasteiger partial charge in [0.05, 0.1) is 6.04 Å². The van der Waals surface area contributed by atoms with Crippen molar-refractivity contribution in [3.63, 3.8) is 0 Å². The molecule has 2 heterocycles. The summed E-state index contributed by atoms with van der Waals surface area (Å²) in [5.41, 5.74) is 6.12. The van der Waals surface area contributed by atoms with E-state index in [1.807, 2.05) is 11.8 Å². The monoisotopic (exact) mass is 253 g/mol. The van der Waals surface area contributed by atoms with E-state index >= 15 is 0 Å². The zero-order chi connectivity index (χ0) is 13.1. The van der Waals surface area contributed by atoms with E-state index in [0.29, 0.717) is 11.8 Å². The van der Waals surface area contributed by atoms with Crippen LogP contribution in [0.25, 0.3) is 0 Å². The SMILES string of the molecule is CC1CCN(C(C)C(=O)N2CCCCC2)CC1N. The molecule has 2 aliphatic heterocycles. The first-order valence-electron chi connectivity index (χ1n) is 7.38. The number of piperidine rings is 2. The lowest BCUT2D eigenvalue weighted by atomic mass is 9.93. The molecule has 0 aromatic carbocycles. The molecular weight excluding hydrogens is 226 g/mol. The second-order valence-electron chi connectivity index (χ2n) is 5.99. The highest BCUT2D eigenvalue weighted by atomic mass is 16.2. The number of nitrogens with two attached hydrogens (primary N) is 1. The quantitative estimate of drug-likeness (QED) is 0.800. The van der Waals surface area contributed by atoms with Crippen LogP contribution >= 0.6 is 0 Å². The first-order valence-corrected chi connectivity index (χ1v) is 7.38. The molecular formula is C14H27N3O. The van der Waals surface area contributed by atoms with E-state index < -0.39 is 0 Å². The molecule has 0 saturated carbocycles. The largest absolute Gasteiger partial charge is 0.341 e. The lowest BCUT2D eigenvalue weighted by Crippen LogP contribution is -2.55. The molecule has 1 amide bonds. The molecule has 0 aromatic rings. The van der Waals surface area contributed by atoms with Crippen molar-refractivity contribution in [1.82, 2.24) is 9.80 Å². The van der Waals surface area contributed by atoms with Gasteiger partial charge in [-0.05, 0) is 45.1 Å². The summed E-state index contributed by atoms with van der Waals surface area (Å²) in [6, 6.07) is 0.219. The molecule has 18 heavy (non-hydrogen) atoms. The fourth-order valence-electron chi connectivity index (χ4n) is 3.01. The zero-order valence-corrected chi connectivity index (χ0v) is 11.8. The Labute approximate surface area is 110 Å². The summed E-state index contributed by atoms with van der Waals surface area (Å²) in [6.45, 7) is 8.01. The predicted molar refractivity (Wildman–Crippen MR) is 73.2 cm³/mol. The number of hydrogen-bond acceptors (Lipinski definition) is 3. The molecule has 0 aromatic heterocycles. The average Bonchev–Trinajstić information content (AvgIpc) is 2.41. The second-order valence-corrected chi connectivity index (χ2v) is 5.99. The molecule has 0 spiro atoms. The number of carbonyl (C=O) groups is 1. The van der Waals surface area contributed by atoms with Gasteiger partial charge >= 0.3 is 0 Å². The highest BCUT2D eigenvalue weighted by Crippen LogP contribution is 2.19. The maximum absolute atomic E-state index is 12.4. The average molecular weight is 253 g/mol. The lowest BCUT2D eigenvalue weighted by molar-refractivity contribution is -0.138. The minimum Gasteiger partial charge on any atom is -0.341 e. The van der Waals surface area contributed by atoms with E-state index in [0.717, 1.165) is 45.4 Å². The number of hydrogen-bond donors (Lipinski definition) is 1. The Balaban J connectivity index is 1.89. The smallest absolute Gasteiger partial charge is 0.239 e. The molecule has 2 saturated heterocycles. The lowest BCUT2D eigenvalue weighted by Gasteiger charge is -2.40. The van der Waals surface area contributed by atoms with Crippen molar-refractivity contribution in [3.8, 4) is 0 Å².